The van der Waals surface area contributed by atoms with Gasteiger partial charge in [0.2, 0.25) is 5.88 Å². The fourth-order valence-corrected chi connectivity index (χ4v) is 4.63. The van der Waals surface area contributed by atoms with Crippen LogP contribution in [0.1, 0.15) is 50.4 Å². The molecule has 0 aromatic carbocycles. The van der Waals surface area contributed by atoms with Gasteiger partial charge in [0.05, 0.1) is 12.2 Å². The van der Waals surface area contributed by atoms with Crippen LogP contribution in [0.25, 0.3) is 5.82 Å². The molecule has 0 saturated heterocycles. The van der Waals surface area contributed by atoms with Gasteiger partial charge in [0.15, 0.2) is 5.82 Å². The summed E-state index contributed by atoms with van der Waals surface area (Å²) in [6.07, 6.45) is 0.417. The van der Waals surface area contributed by atoms with Gasteiger partial charge in [0, 0.05) is 23.1 Å². The average Bonchev–Trinajstić information content (AvgIpc) is 3.42. The van der Waals surface area contributed by atoms with Gasteiger partial charge >= 0.3 is 6.18 Å². The van der Waals surface area contributed by atoms with Crippen molar-refractivity contribution >= 4 is 23.5 Å². The van der Waals surface area contributed by atoms with Gasteiger partial charge in [-0.25, -0.2) is 9.67 Å². The third-order valence-electron chi connectivity index (χ3n) is 6.43. The number of hydrogen-bond acceptors (Lipinski definition) is 6. The van der Waals surface area contributed by atoms with Gasteiger partial charge in [-0.05, 0) is 51.5 Å². The van der Waals surface area contributed by atoms with E-state index in [1.165, 1.54) is 10.7 Å². The second-order valence-corrected chi connectivity index (χ2v) is 10.6. The minimum atomic E-state index is -4.28. The van der Waals surface area contributed by atoms with Crippen LogP contribution < -0.4 is 15.0 Å². The molecule has 0 bridgehead atoms. The van der Waals surface area contributed by atoms with Crippen molar-refractivity contribution in [3.05, 3.63) is 30.0 Å². The SMILES string of the molecule is CSC(C)CC(C)(C)N1CNC(=O)c2ccc(-n3ccc(OCC4(C(F)(F)F)CC4)n3)nc21. The fraction of sp³-hybridized carbons (Fsp3) is 0.591. The van der Waals surface area contributed by atoms with Crippen LogP contribution in [0.3, 0.4) is 0 Å². The number of carbonyl (C=O) groups excluding carboxylic acids is 1. The Morgan fingerprint density at radius 2 is 2.00 bits per heavy atom. The number of nitrogens with one attached hydrogen (secondary N) is 1. The van der Waals surface area contributed by atoms with E-state index < -0.39 is 18.2 Å². The van der Waals surface area contributed by atoms with Crippen molar-refractivity contribution in [3.8, 4) is 11.7 Å². The Morgan fingerprint density at radius 3 is 2.64 bits per heavy atom. The molecule has 180 valence electrons. The van der Waals surface area contributed by atoms with Gasteiger partial charge in [-0.2, -0.15) is 24.9 Å². The summed E-state index contributed by atoms with van der Waals surface area (Å²) >= 11 is 1.78. The van der Waals surface area contributed by atoms with E-state index in [-0.39, 0.29) is 30.2 Å². The molecule has 2 aromatic rings. The highest BCUT2D eigenvalue weighted by Crippen LogP contribution is 2.57. The lowest BCUT2D eigenvalue weighted by atomic mass is 9.95. The number of hydrogen-bond donors (Lipinski definition) is 1. The second-order valence-electron chi connectivity index (χ2n) is 9.36. The number of aromatic nitrogens is 3. The molecule has 4 rings (SSSR count). The number of ether oxygens (including phenoxy) is 1. The summed E-state index contributed by atoms with van der Waals surface area (Å²) in [7, 11) is 0. The topological polar surface area (TPSA) is 72.3 Å². The molecule has 1 fully saturated rings. The van der Waals surface area contributed by atoms with Gasteiger partial charge in [0.25, 0.3) is 5.91 Å². The molecule has 1 saturated carbocycles. The van der Waals surface area contributed by atoms with E-state index in [9.17, 15) is 18.0 Å². The number of pyridine rings is 1. The zero-order valence-electron chi connectivity index (χ0n) is 19.1. The highest BCUT2D eigenvalue weighted by atomic mass is 32.2. The van der Waals surface area contributed by atoms with Gasteiger partial charge in [-0.3, -0.25) is 4.79 Å². The number of carbonyl (C=O) groups is 1. The molecule has 7 nitrogen and oxygen atoms in total. The Kier molecular flexibility index (Phi) is 6.05. The smallest absolute Gasteiger partial charge is 0.397 e. The van der Waals surface area contributed by atoms with Gasteiger partial charge in [-0.15, -0.1) is 5.10 Å². The quantitative estimate of drug-likeness (QED) is 0.600. The first-order valence-electron chi connectivity index (χ1n) is 10.8. The minimum Gasteiger partial charge on any atom is -0.476 e. The predicted molar refractivity (Wildman–Crippen MR) is 121 cm³/mol. The minimum absolute atomic E-state index is 0.0758. The van der Waals surface area contributed by atoms with Crippen LogP contribution in [-0.4, -0.2) is 57.2 Å². The second kappa shape index (κ2) is 8.41. The van der Waals surface area contributed by atoms with Crippen LogP contribution in [0.2, 0.25) is 0 Å². The summed E-state index contributed by atoms with van der Waals surface area (Å²) in [6, 6.07) is 4.87. The molecule has 1 N–H and O–H groups in total. The van der Waals surface area contributed by atoms with Crippen molar-refractivity contribution in [2.45, 2.75) is 57.0 Å². The number of rotatable bonds is 8. The highest BCUT2D eigenvalue weighted by molar-refractivity contribution is 7.99. The summed E-state index contributed by atoms with van der Waals surface area (Å²) in [4.78, 5) is 19.2. The number of fused-ring (bicyclic) bond motifs is 1. The Bertz CT molecular complexity index is 1040. The zero-order valence-corrected chi connectivity index (χ0v) is 19.9. The lowest BCUT2D eigenvalue weighted by Gasteiger charge is -2.43. The number of anilines is 1. The molecular weight excluding hydrogens is 455 g/mol. The summed E-state index contributed by atoms with van der Waals surface area (Å²) < 4.78 is 46.2. The van der Waals surface area contributed by atoms with E-state index in [1.807, 2.05) is 0 Å². The molecule has 2 aromatic heterocycles. The molecule has 2 aliphatic rings. The molecule has 0 spiro atoms. The van der Waals surface area contributed by atoms with E-state index in [0.717, 1.165) is 6.42 Å². The zero-order chi connectivity index (χ0) is 24.0. The molecule has 1 amide bonds. The van der Waals surface area contributed by atoms with E-state index in [4.69, 9.17) is 9.72 Å². The summed E-state index contributed by atoms with van der Waals surface area (Å²) in [6.45, 7) is 6.28. The Balaban J connectivity index is 1.57. The molecule has 1 aliphatic heterocycles. The predicted octanol–water partition coefficient (Wildman–Crippen LogP) is 4.42. The normalized spacial score (nSPS) is 18.5. The summed E-state index contributed by atoms with van der Waals surface area (Å²) in [5, 5.41) is 7.57. The van der Waals surface area contributed by atoms with Crippen LogP contribution in [0.4, 0.5) is 19.0 Å². The molecule has 1 atom stereocenters. The van der Waals surface area contributed by atoms with Crippen molar-refractivity contribution in [1.82, 2.24) is 20.1 Å². The number of alkyl halides is 3. The third-order valence-corrected chi connectivity index (χ3v) is 7.40. The Labute approximate surface area is 195 Å². The maximum atomic E-state index is 13.1. The van der Waals surface area contributed by atoms with E-state index in [2.05, 4.69) is 42.3 Å². The van der Waals surface area contributed by atoms with Gasteiger partial charge < -0.3 is 15.0 Å². The van der Waals surface area contributed by atoms with Gasteiger partial charge in [-0.1, -0.05) is 6.92 Å². The first-order chi connectivity index (χ1) is 15.5. The first kappa shape index (κ1) is 23.7. The lowest BCUT2D eigenvalue weighted by Crippen LogP contribution is -2.54. The monoisotopic (exact) mass is 483 g/mol. The third kappa shape index (κ3) is 4.64. The molecule has 0 radical (unpaired) electrons. The lowest BCUT2D eigenvalue weighted by molar-refractivity contribution is -0.194. The number of thioether (sulfide) groups is 1. The largest absolute Gasteiger partial charge is 0.476 e. The first-order valence-corrected chi connectivity index (χ1v) is 12.1. The van der Waals surface area contributed by atoms with Crippen LogP contribution in [0.15, 0.2) is 24.4 Å². The van der Waals surface area contributed by atoms with Crippen molar-refractivity contribution in [2.24, 2.45) is 5.41 Å². The maximum Gasteiger partial charge on any atom is 0.397 e. The standard InChI is InChI=1S/C22H28F3N5O2S/c1-14(33-4)11-20(2,3)29-13-26-19(31)15-5-6-16(27-18(15)29)30-10-7-17(28-30)32-12-21(8-9-21)22(23,24)25/h5-7,10,14H,8-9,11-13H2,1-4H3,(H,26,31). The summed E-state index contributed by atoms with van der Waals surface area (Å²) in [5.41, 5.74) is -1.56. The van der Waals surface area contributed by atoms with Crippen LogP contribution in [0.5, 0.6) is 5.88 Å². The number of nitrogens with zero attached hydrogens (tertiary/aromatic N) is 4. The van der Waals surface area contributed by atoms with Crippen molar-refractivity contribution < 1.29 is 22.7 Å². The van der Waals surface area contributed by atoms with E-state index >= 15 is 0 Å². The molecule has 11 heteroatoms. The van der Waals surface area contributed by atoms with E-state index in [1.54, 1.807) is 30.1 Å². The van der Waals surface area contributed by atoms with Crippen LogP contribution >= 0.6 is 11.8 Å². The maximum absolute atomic E-state index is 13.1. The van der Waals surface area contributed by atoms with E-state index in [0.29, 0.717) is 29.1 Å². The van der Waals surface area contributed by atoms with Crippen molar-refractivity contribution in [3.63, 3.8) is 0 Å². The summed E-state index contributed by atoms with van der Waals surface area (Å²) in [5.74, 6) is 0.921. The fourth-order valence-electron chi connectivity index (χ4n) is 4.05. The number of amides is 1. The van der Waals surface area contributed by atoms with Crippen molar-refractivity contribution in [2.75, 3.05) is 24.4 Å². The molecule has 3 heterocycles. The average molecular weight is 484 g/mol. The highest BCUT2D eigenvalue weighted by Gasteiger charge is 2.64. The molecular formula is C22H28F3N5O2S. The molecule has 1 unspecified atom stereocenters. The molecule has 33 heavy (non-hydrogen) atoms. The molecule has 1 aliphatic carbocycles. The van der Waals surface area contributed by atoms with Crippen LogP contribution in [-0.2, 0) is 0 Å². The van der Waals surface area contributed by atoms with Crippen LogP contribution in [0, 0.1) is 5.41 Å². The Morgan fingerprint density at radius 1 is 1.27 bits per heavy atom. The Hall–Kier alpha value is -2.43. The van der Waals surface area contributed by atoms with Crippen molar-refractivity contribution in [1.29, 1.82) is 0 Å². The number of halogens is 3. The van der Waals surface area contributed by atoms with Gasteiger partial charge in [0.1, 0.15) is 17.8 Å².